The van der Waals surface area contributed by atoms with Crippen molar-refractivity contribution in [2.75, 3.05) is 24.0 Å². The van der Waals surface area contributed by atoms with Gasteiger partial charge in [-0.3, -0.25) is 4.79 Å². The van der Waals surface area contributed by atoms with Crippen LogP contribution in [-0.4, -0.2) is 31.4 Å². The zero-order chi connectivity index (χ0) is 18.1. The van der Waals surface area contributed by atoms with Gasteiger partial charge < -0.3 is 4.90 Å². The molecule has 1 aliphatic rings. The van der Waals surface area contributed by atoms with Crippen molar-refractivity contribution in [3.05, 3.63) is 53.6 Å². The summed E-state index contributed by atoms with van der Waals surface area (Å²) in [5.74, 6) is -0.193. The maximum absolute atomic E-state index is 12.8. The van der Waals surface area contributed by atoms with Crippen LogP contribution in [0.15, 0.2) is 52.6 Å². The van der Waals surface area contributed by atoms with Crippen molar-refractivity contribution in [1.29, 1.82) is 0 Å². The van der Waals surface area contributed by atoms with Crippen molar-refractivity contribution in [3.8, 4) is 0 Å². The molecular weight excluding hydrogens is 312 g/mol. The molecule has 5 heteroatoms. The lowest BCUT2D eigenvalue weighted by atomic mass is 10.1. The Hall–Kier alpha value is -2.95. The molecule has 1 heterocycles. The van der Waals surface area contributed by atoms with Crippen LogP contribution < -0.4 is 9.91 Å². The fourth-order valence-corrected chi connectivity index (χ4v) is 2.79. The maximum atomic E-state index is 12.8. The van der Waals surface area contributed by atoms with Gasteiger partial charge in [-0.05, 0) is 56.7 Å². The van der Waals surface area contributed by atoms with Crippen molar-refractivity contribution >= 4 is 34.4 Å². The highest BCUT2D eigenvalue weighted by Gasteiger charge is 2.31. The maximum Gasteiger partial charge on any atom is 0.299 e. The molecule has 0 atom stereocenters. The number of rotatable bonds is 3. The quantitative estimate of drug-likeness (QED) is 0.855. The van der Waals surface area contributed by atoms with Gasteiger partial charge in [-0.25, -0.2) is 4.99 Å². The predicted molar refractivity (Wildman–Crippen MR) is 104 cm³/mol. The minimum absolute atomic E-state index is 0.193. The highest BCUT2D eigenvalue weighted by molar-refractivity contribution is 6.71. The number of hydrogen-bond acceptors (Lipinski definition) is 4. The number of benzene rings is 2. The van der Waals surface area contributed by atoms with E-state index >= 15 is 0 Å². The molecule has 0 unspecified atom stereocenters. The molecule has 25 heavy (non-hydrogen) atoms. The topological polar surface area (TPSA) is 48.3 Å². The van der Waals surface area contributed by atoms with Crippen LogP contribution in [0.2, 0.25) is 0 Å². The predicted octanol–water partition coefficient (Wildman–Crippen LogP) is 3.86. The molecule has 2 aromatic carbocycles. The average molecular weight is 334 g/mol. The van der Waals surface area contributed by atoms with Gasteiger partial charge >= 0.3 is 0 Å². The molecule has 128 valence electrons. The lowest BCUT2D eigenvalue weighted by Gasteiger charge is -2.14. The second-order valence-corrected chi connectivity index (χ2v) is 6.46. The number of aryl methyl sites for hydroxylation is 2. The Bertz CT molecular complexity index is 879. The summed E-state index contributed by atoms with van der Waals surface area (Å²) in [7, 11) is 3.97. The van der Waals surface area contributed by atoms with Gasteiger partial charge in [0.25, 0.3) is 5.91 Å². The Kier molecular flexibility index (Phi) is 4.40. The molecule has 0 fully saturated rings. The Labute approximate surface area is 148 Å². The molecule has 0 saturated carbocycles. The van der Waals surface area contributed by atoms with Crippen LogP contribution in [0, 0.1) is 13.8 Å². The van der Waals surface area contributed by atoms with Gasteiger partial charge in [-0.2, -0.15) is 10.1 Å². The number of amides is 1. The molecule has 0 aliphatic carbocycles. The van der Waals surface area contributed by atoms with Gasteiger partial charge in [0.05, 0.1) is 17.1 Å². The van der Waals surface area contributed by atoms with E-state index in [2.05, 4.69) is 10.1 Å². The molecular formula is C20H22N4O. The standard InChI is InChI=1S/C20H22N4O/c1-13-6-11-18(14(2)12-13)24-20(25)19(15(3)22-24)21-16-7-9-17(10-8-16)23(4)5/h6-12H,1-5H3. The number of hydrogen-bond donors (Lipinski definition) is 0. The number of aliphatic imine (C=N–C) groups is 1. The first-order valence-corrected chi connectivity index (χ1v) is 8.20. The first-order valence-electron chi connectivity index (χ1n) is 8.20. The molecule has 3 rings (SSSR count). The summed E-state index contributed by atoms with van der Waals surface area (Å²) in [4.78, 5) is 19.3. The number of carbonyl (C=O) groups excluding carboxylic acids is 1. The van der Waals surface area contributed by atoms with E-state index in [4.69, 9.17) is 0 Å². The van der Waals surface area contributed by atoms with Crippen LogP contribution in [0.3, 0.4) is 0 Å². The highest BCUT2D eigenvalue weighted by atomic mass is 16.2. The van der Waals surface area contributed by atoms with Gasteiger partial charge in [0.1, 0.15) is 0 Å². The molecule has 1 aliphatic heterocycles. The molecule has 0 spiro atoms. The number of anilines is 2. The van der Waals surface area contributed by atoms with E-state index in [0.29, 0.717) is 11.4 Å². The molecule has 0 aromatic heterocycles. The summed E-state index contributed by atoms with van der Waals surface area (Å²) in [6.07, 6.45) is 0. The minimum atomic E-state index is -0.193. The van der Waals surface area contributed by atoms with Gasteiger partial charge in [0.2, 0.25) is 0 Å². The van der Waals surface area contributed by atoms with Gasteiger partial charge in [-0.1, -0.05) is 17.7 Å². The van der Waals surface area contributed by atoms with Crippen molar-refractivity contribution in [3.63, 3.8) is 0 Å². The summed E-state index contributed by atoms with van der Waals surface area (Å²) in [5.41, 5.74) is 5.81. The second-order valence-electron chi connectivity index (χ2n) is 6.46. The van der Waals surface area contributed by atoms with Gasteiger partial charge in [0.15, 0.2) is 5.71 Å². The highest BCUT2D eigenvalue weighted by Crippen LogP contribution is 2.26. The van der Waals surface area contributed by atoms with Crippen LogP contribution in [0.1, 0.15) is 18.1 Å². The summed E-state index contributed by atoms with van der Waals surface area (Å²) in [6, 6.07) is 13.7. The second kappa shape index (κ2) is 6.51. The number of carbonyl (C=O) groups is 1. The van der Waals surface area contributed by atoms with Crippen molar-refractivity contribution in [2.24, 2.45) is 10.1 Å². The Morgan fingerprint density at radius 2 is 1.68 bits per heavy atom. The molecule has 0 N–H and O–H groups in total. The van der Waals surface area contributed by atoms with Crippen molar-refractivity contribution in [1.82, 2.24) is 0 Å². The summed E-state index contributed by atoms with van der Waals surface area (Å²) in [6.45, 7) is 5.82. The molecule has 0 bridgehead atoms. The van der Waals surface area contributed by atoms with E-state index in [9.17, 15) is 4.79 Å². The minimum Gasteiger partial charge on any atom is -0.378 e. The van der Waals surface area contributed by atoms with Crippen LogP contribution in [0.25, 0.3) is 0 Å². The average Bonchev–Trinajstić information content (AvgIpc) is 2.83. The molecule has 5 nitrogen and oxygen atoms in total. The summed E-state index contributed by atoms with van der Waals surface area (Å²) in [5, 5.41) is 5.86. The van der Waals surface area contributed by atoms with E-state index in [-0.39, 0.29) is 5.91 Å². The van der Waals surface area contributed by atoms with Crippen LogP contribution in [0.4, 0.5) is 17.1 Å². The third kappa shape index (κ3) is 3.31. The largest absolute Gasteiger partial charge is 0.378 e. The summed E-state index contributed by atoms with van der Waals surface area (Å²) < 4.78 is 0. The normalized spacial score (nSPS) is 15.7. The first-order chi connectivity index (χ1) is 11.9. The zero-order valence-electron chi connectivity index (χ0n) is 15.2. The lowest BCUT2D eigenvalue weighted by Crippen LogP contribution is -2.27. The van der Waals surface area contributed by atoms with Crippen LogP contribution >= 0.6 is 0 Å². The van der Waals surface area contributed by atoms with Crippen molar-refractivity contribution < 1.29 is 4.79 Å². The molecule has 0 saturated heterocycles. The fourth-order valence-electron chi connectivity index (χ4n) is 2.79. The smallest absolute Gasteiger partial charge is 0.299 e. The van der Waals surface area contributed by atoms with Crippen LogP contribution in [-0.2, 0) is 4.79 Å². The Morgan fingerprint density at radius 3 is 2.28 bits per heavy atom. The third-order valence-electron chi connectivity index (χ3n) is 4.18. The Balaban J connectivity index is 1.92. The fraction of sp³-hybridized carbons (Fsp3) is 0.250. The number of hydrazone groups is 1. The molecule has 1 amide bonds. The number of nitrogens with zero attached hydrogens (tertiary/aromatic N) is 4. The lowest BCUT2D eigenvalue weighted by molar-refractivity contribution is -0.112. The van der Waals surface area contributed by atoms with E-state index in [1.165, 1.54) is 5.01 Å². The summed E-state index contributed by atoms with van der Waals surface area (Å²) >= 11 is 0. The van der Waals surface area contributed by atoms with E-state index in [1.807, 2.05) is 82.2 Å². The van der Waals surface area contributed by atoms with E-state index in [0.717, 1.165) is 28.2 Å². The van der Waals surface area contributed by atoms with Crippen LogP contribution in [0.5, 0.6) is 0 Å². The van der Waals surface area contributed by atoms with Crippen molar-refractivity contribution in [2.45, 2.75) is 20.8 Å². The zero-order valence-corrected chi connectivity index (χ0v) is 15.2. The first kappa shape index (κ1) is 16.9. The van der Waals surface area contributed by atoms with Gasteiger partial charge in [-0.15, -0.1) is 0 Å². The SMILES string of the molecule is CC1=NN(c2ccc(C)cc2C)C(=O)C1=Nc1ccc(N(C)C)cc1. The van der Waals surface area contributed by atoms with Gasteiger partial charge in [0, 0.05) is 19.8 Å². The Morgan fingerprint density at radius 1 is 1.00 bits per heavy atom. The molecule has 0 radical (unpaired) electrons. The van der Waals surface area contributed by atoms with E-state index < -0.39 is 0 Å². The van der Waals surface area contributed by atoms with E-state index in [1.54, 1.807) is 0 Å². The monoisotopic (exact) mass is 334 g/mol. The molecule has 2 aromatic rings. The third-order valence-corrected chi connectivity index (χ3v) is 4.18.